The van der Waals surface area contributed by atoms with Gasteiger partial charge in [0.1, 0.15) is 0 Å². The summed E-state index contributed by atoms with van der Waals surface area (Å²) in [5.74, 6) is 0.813. The summed E-state index contributed by atoms with van der Waals surface area (Å²) in [6.45, 7) is 1.05. The van der Waals surface area contributed by atoms with Crippen LogP contribution in [0.25, 0.3) is 0 Å². The fourth-order valence-corrected chi connectivity index (χ4v) is 3.20. The Morgan fingerprint density at radius 1 is 1.05 bits per heavy atom. The van der Waals surface area contributed by atoms with E-state index in [1.807, 2.05) is 7.05 Å². The minimum Gasteiger partial charge on any atom is -0.320 e. The highest BCUT2D eigenvalue weighted by molar-refractivity contribution is 5.27. The molecule has 0 radical (unpaired) electrons. The molecule has 0 heterocycles. The van der Waals surface area contributed by atoms with Gasteiger partial charge < -0.3 is 10.6 Å². The van der Waals surface area contributed by atoms with Gasteiger partial charge in [0, 0.05) is 6.04 Å². The molecule has 0 amide bonds. The minimum absolute atomic E-state index is 0.466. The lowest BCUT2D eigenvalue weighted by Gasteiger charge is -2.23. The van der Waals surface area contributed by atoms with Gasteiger partial charge in [-0.15, -0.1) is 0 Å². The van der Waals surface area contributed by atoms with E-state index in [9.17, 15) is 0 Å². The second-order valence-electron chi connectivity index (χ2n) is 5.74. The van der Waals surface area contributed by atoms with E-state index < -0.39 is 0 Å². The summed E-state index contributed by atoms with van der Waals surface area (Å²) in [6.07, 6.45) is 8.15. The molecule has 2 heteroatoms. The van der Waals surface area contributed by atoms with Crippen LogP contribution >= 0.6 is 0 Å². The van der Waals surface area contributed by atoms with Crippen molar-refractivity contribution in [3.63, 3.8) is 0 Å². The fourth-order valence-electron chi connectivity index (χ4n) is 3.20. The fraction of sp³-hybridized carbons (Fsp3) is 0.647. The molecule has 1 aromatic carbocycles. The lowest BCUT2D eigenvalue weighted by atomic mass is 9.83. The first-order chi connectivity index (χ1) is 9.35. The first kappa shape index (κ1) is 14.5. The molecular formula is C17H28N2. The maximum absolute atomic E-state index is 3.41. The van der Waals surface area contributed by atoms with Crippen LogP contribution in [0, 0.1) is 0 Å². The Labute approximate surface area is 118 Å². The lowest BCUT2D eigenvalue weighted by Crippen LogP contribution is -2.21. The molecule has 1 saturated carbocycles. The van der Waals surface area contributed by atoms with E-state index >= 15 is 0 Å². The average Bonchev–Trinajstić information content (AvgIpc) is 2.49. The number of nitrogens with one attached hydrogen (secondary N) is 2. The molecule has 19 heavy (non-hydrogen) atoms. The van der Waals surface area contributed by atoms with E-state index in [-0.39, 0.29) is 0 Å². The van der Waals surface area contributed by atoms with E-state index in [0.717, 1.165) is 18.9 Å². The van der Waals surface area contributed by atoms with Crippen LogP contribution in [0.4, 0.5) is 0 Å². The Balaban J connectivity index is 1.99. The van der Waals surface area contributed by atoms with Gasteiger partial charge in [-0.25, -0.2) is 0 Å². The quantitative estimate of drug-likeness (QED) is 0.816. The number of benzene rings is 1. The van der Waals surface area contributed by atoms with Crippen LogP contribution in [0.5, 0.6) is 0 Å². The van der Waals surface area contributed by atoms with Crippen molar-refractivity contribution in [2.24, 2.45) is 0 Å². The topological polar surface area (TPSA) is 24.1 Å². The number of hydrogen-bond acceptors (Lipinski definition) is 2. The predicted molar refractivity (Wildman–Crippen MR) is 82.6 cm³/mol. The maximum atomic E-state index is 3.41. The molecule has 1 fully saturated rings. The number of rotatable bonds is 6. The van der Waals surface area contributed by atoms with Crippen LogP contribution in [-0.2, 0) is 0 Å². The van der Waals surface area contributed by atoms with Gasteiger partial charge in [-0.1, -0.05) is 43.5 Å². The van der Waals surface area contributed by atoms with Crippen LogP contribution in [0.2, 0.25) is 0 Å². The summed E-state index contributed by atoms with van der Waals surface area (Å²) in [6, 6.07) is 9.82. The summed E-state index contributed by atoms with van der Waals surface area (Å²) in [7, 11) is 4.06. The van der Waals surface area contributed by atoms with Crippen molar-refractivity contribution in [1.29, 1.82) is 0 Å². The summed E-state index contributed by atoms with van der Waals surface area (Å²) in [4.78, 5) is 0. The van der Waals surface area contributed by atoms with Gasteiger partial charge in [-0.05, 0) is 56.9 Å². The largest absolute Gasteiger partial charge is 0.320 e. The van der Waals surface area contributed by atoms with Gasteiger partial charge in [-0.3, -0.25) is 0 Å². The standard InChI is InChI=1S/C17H28N2/c1-18-13-12-17(19-2)16-10-8-15(9-11-16)14-6-4-3-5-7-14/h8-11,14,17-19H,3-7,12-13H2,1-2H3. The monoisotopic (exact) mass is 260 g/mol. The van der Waals surface area contributed by atoms with E-state index in [2.05, 4.69) is 41.9 Å². The lowest BCUT2D eigenvalue weighted by molar-refractivity contribution is 0.443. The van der Waals surface area contributed by atoms with Crippen LogP contribution in [0.1, 0.15) is 61.6 Å². The molecule has 1 aliphatic carbocycles. The SMILES string of the molecule is CNCCC(NC)c1ccc(C2CCCCC2)cc1. The third-order valence-electron chi connectivity index (χ3n) is 4.45. The molecule has 1 atom stereocenters. The van der Waals surface area contributed by atoms with Gasteiger partial charge in [0.05, 0.1) is 0 Å². The van der Waals surface area contributed by atoms with Crippen molar-refractivity contribution < 1.29 is 0 Å². The molecular weight excluding hydrogens is 232 g/mol. The highest BCUT2D eigenvalue weighted by Crippen LogP contribution is 2.33. The van der Waals surface area contributed by atoms with Crippen molar-refractivity contribution in [1.82, 2.24) is 10.6 Å². The molecule has 1 aliphatic rings. The molecule has 1 unspecified atom stereocenters. The van der Waals surface area contributed by atoms with Crippen LogP contribution in [0.3, 0.4) is 0 Å². The van der Waals surface area contributed by atoms with Crippen molar-refractivity contribution in [2.75, 3.05) is 20.6 Å². The molecule has 106 valence electrons. The Kier molecular flexibility index (Phi) is 5.87. The maximum Gasteiger partial charge on any atom is 0.0329 e. The van der Waals surface area contributed by atoms with Gasteiger partial charge in [0.2, 0.25) is 0 Å². The molecule has 0 aromatic heterocycles. The Morgan fingerprint density at radius 3 is 2.32 bits per heavy atom. The zero-order valence-corrected chi connectivity index (χ0v) is 12.4. The normalized spacial score (nSPS) is 18.4. The Hall–Kier alpha value is -0.860. The molecule has 2 N–H and O–H groups in total. The van der Waals surface area contributed by atoms with Gasteiger partial charge in [-0.2, -0.15) is 0 Å². The van der Waals surface area contributed by atoms with Crippen LogP contribution in [0.15, 0.2) is 24.3 Å². The van der Waals surface area contributed by atoms with Crippen molar-refractivity contribution in [2.45, 2.75) is 50.5 Å². The second-order valence-corrected chi connectivity index (χ2v) is 5.74. The Morgan fingerprint density at radius 2 is 1.74 bits per heavy atom. The Bertz CT molecular complexity index is 352. The summed E-state index contributed by atoms with van der Waals surface area (Å²) >= 11 is 0. The number of hydrogen-bond donors (Lipinski definition) is 2. The van der Waals surface area contributed by atoms with E-state index in [1.165, 1.54) is 37.7 Å². The molecule has 1 aromatic rings. The summed E-state index contributed by atoms with van der Waals surface area (Å²) < 4.78 is 0. The minimum atomic E-state index is 0.466. The van der Waals surface area contributed by atoms with Gasteiger partial charge in [0.15, 0.2) is 0 Å². The zero-order chi connectivity index (χ0) is 13.5. The smallest absolute Gasteiger partial charge is 0.0329 e. The van der Waals surface area contributed by atoms with Gasteiger partial charge in [0.25, 0.3) is 0 Å². The van der Waals surface area contributed by atoms with Crippen molar-refractivity contribution in [3.8, 4) is 0 Å². The summed E-state index contributed by atoms with van der Waals surface area (Å²) in [5, 5.41) is 6.64. The van der Waals surface area contributed by atoms with E-state index in [0.29, 0.717) is 6.04 Å². The molecule has 0 saturated heterocycles. The van der Waals surface area contributed by atoms with Crippen LogP contribution in [-0.4, -0.2) is 20.6 Å². The van der Waals surface area contributed by atoms with E-state index in [4.69, 9.17) is 0 Å². The predicted octanol–water partition coefficient (Wildman–Crippen LogP) is 3.60. The molecule has 0 aliphatic heterocycles. The molecule has 0 spiro atoms. The van der Waals surface area contributed by atoms with Gasteiger partial charge >= 0.3 is 0 Å². The first-order valence-corrected chi connectivity index (χ1v) is 7.77. The van der Waals surface area contributed by atoms with Crippen molar-refractivity contribution >= 4 is 0 Å². The molecule has 2 nitrogen and oxygen atoms in total. The van der Waals surface area contributed by atoms with Crippen molar-refractivity contribution in [3.05, 3.63) is 35.4 Å². The molecule has 2 rings (SSSR count). The van der Waals surface area contributed by atoms with Crippen LogP contribution < -0.4 is 10.6 Å². The first-order valence-electron chi connectivity index (χ1n) is 7.77. The van der Waals surface area contributed by atoms with E-state index in [1.54, 1.807) is 5.56 Å². The highest BCUT2D eigenvalue weighted by atomic mass is 14.9. The molecule has 0 bridgehead atoms. The zero-order valence-electron chi connectivity index (χ0n) is 12.4. The third kappa shape index (κ3) is 4.05. The third-order valence-corrected chi connectivity index (χ3v) is 4.45. The highest BCUT2D eigenvalue weighted by Gasteiger charge is 2.16. The second kappa shape index (κ2) is 7.66. The average molecular weight is 260 g/mol. The summed E-state index contributed by atoms with van der Waals surface area (Å²) in [5.41, 5.74) is 2.96.